The van der Waals surface area contributed by atoms with Crippen molar-refractivity contribution in [3.63, 3.8) is 0 Å². The predicted molar refractivity (Wildman–Crippen MR) is 48.1 cm³/mol. The standard InChI is InChI=1S/C9H17NO3/c1-9(2,3)8-10-6(5-12-4)7(11)13-8/h6,8,10H,5H2,1-4H3/t6-,8?/m1/s1. The molecule has 0 saturated carbocycles. The van der Waals surface area contributed by atoms with Gasteiger partial charge in [-0.3, -0.25) is 10.1 Å². The van der Waals surface area contributed by atoms with Gasteiger partial charge in [0, 0.05) is 12.5 Å². The Morgan fingerprint density at radius 2 is 2.15 bits per heavy atom. The van der Waals surface area contributed by atoms with Crippen LogP contribution in [0, 0.1) is 5.41 Å². The van der Waals surface area contributed by atoms with E-state index in [0.717, 1.165) is 0 Å². The van der Waals surface area contributed by atoms with Gasteiger partial charge in [0.2, 0.25) is 0 Å². The molecule has 0 spiro atoms. The third-order valence-electron chi connectivity index (χ3n) is 1.99. The molecule has 1 fully saturated rings. The van der Waals surface area contributed by atoms with E-state index in [1.807, 2.05) is 20.8 Å². The van der Waals surface area contributed by atoms with Crippen LogP contribution in [0.5, 0.6) is 0 Å². The fraction of sp³-hybridized carbons (Fsp3) is 0.889. The van der Waals surface area contributed by atoms with Crippen LogP contribution in [0.2, 0.25) is 0 Å². The van der Waals surface area contributed by atoms with Crippen LogP contribution in [0.3, 0.4) is 0 Å². The van der Waals surface area contributed by atoms with E-state index in [2.05, 4.69) is 5.32 Å². The molecule has 1 N–H and O–H groups in total. The highest BCUT2D eigenvalue weighted by Gasteiger charge is 2.39. The molecule has 4 nitrogen and oxygen atoms in total. The maximum Gasteiger partial charge on any atom is 0.327 e. The Morgan fingerprint density at radius 3 is 2.54 bits per heavy atom. The summed E-state index contributed by atoms with van der Waals surface area (Å²) in [6.07, 6.45) is -0.208. The summed E-state index contributed by atoms with van der Waals surface area (Å²) in [6, 6.07) is -0.311. The first kappa shape index (κ1) is 10.5. The zero-order valence-corrected chi connectivity index (χ0v) is 8.59. The quantitative estimate of drug-likeness (QED) is 0.640. The number of hydrogen-bond acceptors (Lipinski definition) is 4. The maximum atomic E-state index is 11.3. The molecule has 1 rings (SSSR count). The highest BCUT2D eigenvalue weighted by Crippen LogP contribution is 2.24. The van der Waals surface area contributed by atoms with Gasteiger partial charge >= 0.3 is 5.97 Å². The second-order valence-corrected chi connectivity index (χ2v) is 4.36. The monoisotopic (exact) mass is 187 g/mol. The highest BCUT2D eigenvalue weighted by molar-refractivity contribution is 5.78. The summed E-state index contributed by atoms with van der Waals surface area (Å²) >= 11 is 0. The predicted octanol–water partition coefficient (Wildman–Crippen LogP) is 0.520. The number of rotatable bonds is 2. The molecule has 76 valence electrons. The minimum atomic E-state index is -0.311. The van der Waals surface area contributed by atoms with Crippen molar-refractivity contribution in [1.29, 1.82) is 0 Å². The van der Waals surface area contributed by atoms with Crippen molar-refractivity contribution in [2.24, 2.45) is 5.41 Å². The average Bonchev–Trinajstić information content (AvgIpc) is 2.32. The Morgan fingerprint density at radius 1 is 1.54 bits per heavy atom. The summed E-state index contributed by atoms with van der Waals surface area (Å²) in [5, 5.41) is 3.08. The zero-order chi connectivity index (χ0) is 10.1. The van der Waals surface area contributed by atoms with Crippen LogP contribution >= 0.6 is 0 Å². The van der Waals surface area contributed by atoms with E-state index in [1.54, 1.807) is 7.11 Å². The first-order valence-electron chi connectivity index (χ1n) is 4.40. The van der Waals surface area contributed by atoms with E-state index in [0.29, 0.717) is 6.61 Å². The Balaban J connectivity index is 2.55. The smallest absolute Gasteiger partial charge is 0.327 e. The fourth-order valence-electron chi connectivity index (χ4n) is 1.19. The lowest BCUT2D eigenvalue weighted by Crippen LogP contribution is -2.41. The molecule has 1 saturated heterocycles. The van der Waals surface area contributed by atoms with Gasteiger partial charge in [0.15, 0.2) is 6.23 Å². The van der Waals surface area contributed by atoms with Crippen LogP contribution in [0.25, 0.3) is 0 Å². The molecule has 1 aliphatic heterocycles. The normalized spacial score (nSPS) is 29.1. The lowest BCUT2D eigenvalue weighted by Gasteiger charge is -2.25. The molecule has 1 aliphatic rings. The van der Waals surface area contributed by atoms with Crippen molar-refractivity contribution >= 4 is 5.97 Å². The van der Waals surface area contributed by atoms with Gasteiger partial charge in [-0.05, 0) is 0 Å². The molecule has 0 amide bonds. The zero-order valence-electron chi connectivity index (χ0n) is 8.59. The lowest BCUT2D eigenvalue weighted by molar-refractivity contribution is -0.146. The number of nitrogens with one attached hydrogen (secondary N) is 1. The van der Waals surface area contributed by atoms with Crippen LogP contribution in [-0.4, -0.2) is 32.0 Å². The minimum Gasteiger partial charge on any atom is -0.445 e. The van der Waals surface area contributed by atoms with Crippen molar-refractivity contribution < 1.29 is 14.3 Å². The van der Waals surface area contributed by atoms with E-state index in [1.165, 1.54) is 0 Å². The van der Waals surface area contributed by atoms with Gasteiger partial charge in [-0.1, -0.05) is 20.8 Å². The number of esters is 1. The molecule has 2 atom stereocenters. The summed E-state index contributed by atoms with van der Waals surface area (Å²) in [6.45, 7) is 6.43. The Labute approximate surface area is 78.6 Å². The molecule has 0 aromatic rings. The Hall–Kier alpha value is -0.610. The number of carbonyl (C=O) groups is 1. The largest absolute Gasteiger partial charge is 0.445 e. The van der Waals surface area contributed by atoms with E-state index in [9.17, 15) is 4.79 Å². The van der Waals surface area contributed by atoms with Crippen molar-refractivity contribution in [1.82, 2.24) is 5.32 Å². The average molecular weight is 187 g/mol. The Kier molecular flexibility index (Phi) is 2.93. The second kappa shape index (κ2) is 3.64. The maximum absolute atomic E-state index is 11.3. The van der Waals surface area contributed by atoms with Crippen LogP contribution < -0.4 is 5.32 Å². The fourth-order valence-corrected chi connectivity index (χ4v) is 1.19. The number of ether oxygens (including phenoxy) is 2. The molecule has 1 unspecified atom stereocenters. The summed E-state index contributed by atoms with van der Waals surface area (Å²) in [4.78, 5) is 11.3. The van der Waals surface area contributed by atoms with Crippen LogP contribution in [0.15, 0.2) is 0 Å². The first-order chi connectivity index (χ1) is 5.95. The Bertz CT molecular complexity index is 198. The molecule has 1 heterocycles. The lowest BCUT2D eigenvalue weighted by atomic mass is 9.94. The SMILES string of the molecule is COC[C@H]1NC(C(C)(C)C)OC1=O. The van der Waals surface area contributed by atoms with E-state index in [4.69, 9.17) is 9.47 Å². The number of hydrogen-bond donors (Lipinski definition) is 1. The van der Waals surface area contributed by atoms with Crippen molar-refractivity contribution in [2.75, 3.05) is 13.7 Å². The van der Waals surface area contributed by atoms with E-state index >= 15 is 0 Å². The van der Waals surface area contributed by atoms with Gasteiger partial charge < -0.3 is 9.47 Å². The molecule has 0 aromatic carbocycles. The van der Waals surface area contributed by atoms with E-state index < -0.39 is 0 Å². The molecule has 0 aliphatic carbocycles. The van der Waals surface area contributed by atoms with Crippen molar-refractivity contribution in [3.8, 4) is 0 Å². The third kappa shape index (κ3) is 2.42. The van der Waals surface area contributed by atoms with E-state index in [-0.39, 0.29) is 23.7 Å². The molecular formula is C9H17NO3. The summed E-state index contributed by atoms with van der Waals surface area (Å²) in [7, 11) is 1.57. The molecule has 0 bridgehead atoms. The third-order valence-corrected chi connectivity index (χ3v) is 1.99. The van der Waals surface area contributed by atoms with Crippen molar-refractivity contribution in [2.45, 2.75) is 33.0 Å². The first-order valence-corrected chi connectivity index (χ1v) is 4.40. The van der Waals surface area contributed by atoms with Gasteiger partial charge in [0.1, 0.15) is 6.04 Å². The number of carbonyl (C=O) groups excluding carboxylic acids is 1. The van der Waals surface area contributed by atoms with Gasteiger partial charge in [-0.15, -0.1) is 0 Å². The minimum absolute atomic E-state index is 0.0713. The summed E-state index contributed by atoms with van der Waals surface area (Å²) in [5.74, 6) is -0.221. The highest BCUT2D eigenvalue weighted by atomic mass is 16.6. The van der Waals surface area contributed by atoms with Crippen LogP contribution in [0.1, 0.15) is 20.8 Å². The number of methoxy groups -OCH3 is 1. The van der Waals surface area contributed by atoms with Gasteiger partial charge in [-0.25, -0.2) is 0 Å². The van der Waals surface area contributed by atoms with Crippen molar-refractivity contribution in [3.05, 3.63) is 0 Å². The molecule has 13 heavy (non-hydrogen) atoms. The summed E-state index contributed by atoms with van der Waals surface area (Å²) in [5.41, 5.74) is -0.0713. The summed E-state index contributed by atoms with van der Waals surface area (Å²) < 4.78 is 10.1. The topological polar surface area (TPSA) is 47.6 Å². The molecule has 4 heteroatoms. The van der Waals surface area contributed by atoms with Crippen LogP contribution in [0.4, 0.5) is 0 Å². The molecule has 0 radical (unpaired) electrons. The molecular weight excluding hydrogens is 170 g/mol. The van der Waals surface area contributed by atoms with Gasteiger partial charge in [0.25, 0.3) is 0 Å². The van der Waals surface area contributed by atoms with Gasteiger partial charge in [-0.2, -0.15) is 0 Å². The second-order valence-electron chi connectivity index (χ2n) is 4.36. The van der Waals surface area contributed by atoms with Crippen LogP contribution in [-0.2, 0) is 14.3 Å². The van der Waals surface area contributed by atoms with Gasteiger partial charge in [0.05, 0.1) is 6.61 Å². The number of cyclic esters (lactones) is 1. The molecule has 0 aromatic heterocycles.